The summed E-state index contributed by atoms with van der Waals surface area (Å²) >= 11 is 0. The third-order valence-corrected chi connectivity index (χ3v) is 2.93. The standard InChI is InChI=1S/C11H17N3O2/c1-2-14-11(12-8-13-14)7-16-10-5-3-9(15)4-6-10/h8,10H,2-7H2,1H3. The molecule has 16 heavy (non-hydrogen) atoms. The Balaban J connectivity index is 1.81. The summed E-state index contributed by atoms with van der Waals surface area (Å²) in [5.74, 6) is 1.22. The molecule has 1 aliphatic rings. The molecule has 0 N–H and O–H groups in total. The Kier molecular flexibility index (Phi) is 3.66. The van der Waals surface area contributed by atoms with E-state index >= 15 is 0 Å². The van der Waals surface area contributed by atoms with Crippen LogP contribution in [0.15, 0.2) is 6.33 Å². The van der Waals surface area contributed by atoms with Gasteiger partial charge in [0.1, 0.15) is 18.7 Å². The molecule has 5 heteroatoms. The number of carbonyl (C=O) groups excluding carboxylic acids is 1. The molecule has 1 aliphatic carbocycles. The molecule has 1 fully saturated rings. The Morgan fingerprint density at radius 1 is 1.50 bits per heavy atom. The van der Waals surface area contributed by atoms with Gasteiger partial charge in [-0.05, 0) is 19.8 Å². The summed E-state index contributed by atoms with van der Waals surface area (Å²) in [6.45, 7) is 3.33. The van der Waals surface area contributed by atoms with Gasteiger partial charge in [-0.1, -0.05) is 0 Å². The second kappa shape index (κ2) is 5.21. The third kappa shape index (κ3) is 2.66. The van der Waals surface area contributed by atoms with Crippen LogP contribution in [-0.4, -0.2) is 26.7 Å². The average molecular weight is 223 g/mol. The van der Waals surface area contributed by atoms with Crippen molar-refractivity contribution >= 4 is 5.78 Å². The molecule has 1 heterocycles. The van der Waals surface area contributed by atoms with Gasteiger partial charge in [-0.2, -0.15) is 5.10 Å². The first-order valence-corrected chi connectivity index (χ1v) is 5.79. The predicted octanol–water partition coefficient (Wildman–Crippen LogP) is 1.33. The highest BCUT2D eigenvalue weighted by Crippen LogP contribution is 2.18. The second-order valence-electron chi connectivity index (χ2n) is 4.04. The van der Waals surface area contributed by atoms with E-state index in [4.69, 9.17) is 4.74 Å². The molecule has 2 rings (SSSR count). The first-order chi connectivity index (χ1) is 7.79. The largest absolute Gasteiger partial charge is 0.370 e. The number of ketones is 1. The highest BCUT2D eigenvalue weighted by atomic mass is 16.5. The maximum absolute atomic E-state index is 11.1. The minimum atomic E-state index is 0.208. The van der Waals surface area contributed by atoms with Crippen molar-refractivity contribution in [1.82, 2.24) is 14.8 Å². The lowest BCUT2D eigenvalue weighted by Crippen LogP contribution is -2.22. The van der Waals surface area contributed by atoms with Gasteiger partial charge >= 0.3 is 0 Å². The second-order valence-corrected chi connectivity index (χ2v) is 4.04. The van der Waals surface area contributed by atoms with Crippen molar-refractivity contribution in [3.8, 4) is 0 Å². The lowest BCUT2D eigenvalue weighted by Gasteiger charge is -2.21. The van der Waals surface area contributed by atoms with Gasteiger partial charge in [-0.15, -0.1) is 0 Å². The number of nitrogens with zero attached hydrogens (tertiary/aromatic N) is 3. The van der Waals surface area contributed by atoms with Crippen LogP contribution in [0.25, 0.3) is 0 Å². The van der Waals surface area contributed by atoms with E-state index in [-0.39, 0.29) is 6.10 Å². The average Bonchev–Trinajstić information content (AvgIpc) is 2.76. The summed E-state index contributed by atoms with van der Waals surface area (Å²) in [5, 5.41) is 4.08. The fraction of sp³-hybridized carbons (Fsp3) is 0.727. The minimum absolute atomic E-state index is 0.208. The van der Waals surface area contributed by atoms with Crippen LogP contribution in [-0.2, 0) is 22.7 Å². The van der Waals surface area contributed by atoms with Gasteiger partial charge in [-0.25, -0.2) is 9.67 Å². The fourth-order valence-corrected chi connectivity index (χ4v) is 1.94. The lowest BCUT2D eigenvalue weighted by molar-refractivity contribution is -0.123. The molecule has 0 radical (unpaired) electrons. The molecule has 0 aromatic carbocycles. The van der Waals surface area contributed by atoms with E-state index < -0.39 is 0 Å². The van der Waals surface area contributed by atoms with E-state index in [2.05, 4.69) is 10.1 Å². The molecule has 0 aliphatic heterocycles. The van der Waals surface area contributed by atoms with Gasteiger partial charge in [-0.3, -0.25) is 4.79 Å². The van der Waals surface area contributed by atoms with Crippen LogP contribution in [0, 0.1) is 0 Å². The number of rotatable bonds is 4. The van der Waals surface area contributed by atoms with Crippen molar-refractivity contribution in [1.29, 1.82) is 0 Å². The third-order valence-electron chi connectivity index (χ3n) is 2.93. The molecule has 0 unspecified atom stereocenters. The van der Waals surface area contributed by atoms with Gasteiger partial charge in [0.2, 0.25) is 0 Å². The summed E-state index contributed by atoms with van der Waals surface area (Å²) in [7, 11) is 0. The van der Waals surface area contributed by atoms with E-state index in [9.17, 15) is 4.79 Å². The summed E-state index contributed by atoms with van der Waals surface area (Å²) in [5.41, 5.74) is 0. The monoisotopic (exact) mass is 223 g/mol. The number of aromatic nitrogens is 3. The zero-order valence-corrected chi connectivity index (χ0v) is 9.56. The van der Waals surface area contributed by atoms with Crippen molar-refractivity contribution in [2.24, 2.45) is 0 Å². The van der Waals surface area contributed by atoms with Crippen LogP contribution in [0.1, 0.15) is 38.4 Å². The van der Waals surface area contributed by atoms with Gasteiger partial charge in [0.15, 0.2) is 5.82 Å². The Morgan fingerprint density at radius 2 is 2.25 bits per heavy atom. The number of hydrogen-bond donors (Lipinski definition) is 0. The summed E-state index contributed by atoms with van der Waals surface area (Å²) in [6.07, 6.45) is 4.76. The maximum atomic E-state index is 11.1. The molecule has 1 aromatic rings. The van der Waals surface area contributed by atoms with Crippen LogP contribution in [0.5, 0.6) is 0 Å². The van der Waals surface area contributed by atoms with Gasteiger partial charge in [0.25, 0.3) is 0 Å². The topological polar surface area (TPSA) is 57.0 Å². The predicted molar refractivity (Wildman–Crippen MR) is 57.7 cm³/mol. The van der Waals surface area contributed by atoms with Gasteiger partial charge < -0.3 is 4.74 Å². The van der Waals surface area contributed by atoms with Crippen molar-refractivity contribution < 1.29 is 9.53 Å². The number of ether oxygens (including phenoxy) is 1. The molecule has 1 saturated carbocycles. The Labute approximate surface area is 94.8 Å². The zero-order chi connectivity index (χ0) is 11.4. The van der Waals surface area contributed by atoms with E-state index in [1.807, 2.05) is 11.6 Å². The van der Waals surface area contributed by atoms with Gasteiger partial charge in [0, 0.05) is 19.4 Å². The van der Waals surface area contributed by atoms with Crippen molar-refractivity contribution in [2.45, 2.75) is 51.9 Å². The Morgan fingerprint density at radius 3 is 2.94 bits per heavy atom. The van der Waals surface area contributed by atoms with Crippen molar-refractivity contribution in [3.63, 3.8) is 0 Å². The fourth-order valence-electron chi connectivity index (χ4n) is 1.94. The summed E-state index contributed by atoms with van der Waals surface area (Å²) in [6, 6.07) is 0. The van der Waals surface area contributed by atoms with E-state index in [1.165, 1.54) is 0 Å². The normalized spacial score (nSPS) is 17.9. The highest BCUT2D eigenvalue weighted by Gasteiger charge is 2.19. The SMILES string of the molecule is CCn1ncnc1COC1CCC(=O)CC1. The van der Waals surface area contributed by atoms with Crippen LogP contribution in [0.4, 0.5) is 0 Å². The smallest absolute Gasteiger partial charge is 0.152 e. The number of Topliss-reactive ketones (excluding diaryl/α,β-unsaturated/α-hetero) is 1. The van der Waals surface area contributed by atoms with Crippen LogP contribution in [0.2, 0.25) is 0 Å². The molecule has 88 valence electrons. The molecule has 5 nitrogen and oxygen atoms in total. The van der Waals surface area contributed by atoms with E-state index in [0.717, 1.165) is 25.2 Å². The maximum Gasteiger partial charge on any atom is 0.152 e. The first-order valence-electron chi connectivity index (χ1n) is 5.79. The Bertz CT molecular complexity index is 352. The van der Waals surface area contributed by atoms with E-state index in [0.29, 0.717) is 25.2 Å². The molecule has 0 saturated heterocycles. The molecule has 0 atom stereocenters. The number of aryl methyl sites for hydroxylation is 1. The number of carbonyl (C=O) groups is 1. The van der Waals surface area contributed by atoms with E-state index in [1.54, 1.807) is 6.33 Å². The number of hydrogen-bond acceptors (Lipinski definition) is 4. The molecule has 1 aromatic heterocycles. The van der Waals surface area contributed by atoms with Crippen LogP contribution >= 0.6 is 0 Å². The lowest BCUT2D eigenvalue weighted by atomic mass is 9.96. The molecule has 0 amide bonds. The van der Waals surface area contributed by atoms with Crippen LogP contribution < -0.4 is 0 Å². The molecule has 0 spiro atoms. The summed E-state index contributed by atoms with van der Waals surface area (Å²) < 4.78 is 7.57. The first kappa shape index (κ1) is 11.3. The van der Waals surface area contributed by atoms with Crippen molar-refractivity contribution in [3.05, 3.63) is 12.2 Å². The highest BCUT2D eigenvalue weighted by molar-refractivity contribution is 5.79. The van der Waals surface area contributed by atoms with Gasteiger partial charge in [0.05, 0.1) is 6.10 Å². The minimum Gasteiger partial charge on any atom is -0.370 e. The zero-order valence-electron chi connectivity index (χ0n) is 9.56. The molecular formula is C11H17N3O2. The van der Waals surface area contributed by atoms with Crippen LogP contribution in [0.3, 0.4) is 0 Å². The van der Waals surface area contributed by atoms with Crippen molar-refractivity contribution in [2.75, 3.05) is 0 Å². The molecule has 0 bridgehead atoms. The Hall–Kier alpha value is -1.23. The summed E-state index contributed by atoms with van der Waals surface area (Å²) in [4.78, 5) is 15.2. The molecular weight excluding hydrogens is 206 g/mol. The quantitative estimate of drug-likeness (QED) is 0.772.